The highest BCUT2D eigenvalue weighted by Crippen LogP contribution is 2.25. The van der Waals surface area contributed by atoms with Crippen LogP contribution >= 0.6 is 0 Å². The Hall–Kier alpha value is -3.87. The molecule has 1 aliphatic heterocycles. The van der Waals surface area contributed by atoms with Crippen molar-refractivity contribution in [1.29, 1.82) is 0 Å². The van der Waals surface area contributed by atoms with E-state index in [2.05, 4.69) is 5.32 Å². The first kappa shape index (κ1) is 22.3. The summed E-state index contributed by atoms with van der Waals surface area (Å²) in [6.45, 7) is 1.80. The Morgan fingerprint density at radius 2 is 1.73 bits per heavy atom. The number of halogens is 1. The van der Waals surface area contributed by atoms with Crippen LogP contribution < -0.4 is 15.0 Å². The molecule has 1 saturated heterocycles. The Kier molecular flexibility index (Phi) is 6.88. The number of carbonyl (C=O) groups is 2. The van der Waals surface area contributed by atoms with Gasteiger partial charge in [-0.25, -0.2) is 9.18 Å². The van der Waals surface area contributed by atoms with Crippen molar-refractivity contribution in [2.24, 2.45) is 0 Å². The summed E-state index contributed by atoms with van der Waals surface area (Å²) in [4.78, 5) is 29.0. The van der Waals surface area contributed by atoms with Crippen LogP contribution in [0.3, 0.4) is 0 Å². The zero-order chi connectivity index (χ0) is 23.2. The number of urea groups is 1. The molecule has 3 amide bonds. The van der Waals surface area contributed by atoms with E-state index >= 15 is 0 Å². The number of anilines is 2. The second-order valence-electron chi connectivity index (χ2n) is 7.92. The number of para-hydroxylation sites is 1. The first-order valence-corrected chi connectivity index (χ1v) is 10.9. The monoisotopic (exact) mass is 447 g/mol. The molecule has 0 saturated carbocycles. The van der Waals surface area contributed by atoms with Gasteiger partial charge in [0.15, 0.2) is 0 Å². The van der Waals surface area contributed by atoms with Crippen molar-refractivity contribution in [3.05, 3.63) is 89.7 Å². The third-order valence-electron chi connectivity index (χ3n) is 5.61. The quantitative estimate of drug-likeness (QED) is 0.563. The summed E-state index contributed by atoms with van der Waals surface area (Å²) in [6.07, 6.45) is 1.02. The van der Waals surface area contributed by atoms with Crippen molar-refractivity contribution in [3.63, 3.8) is 0 Å². The molecule has 0 bridgehead atoms. The second-order valence-corrected chi connectivity index (χ2v) is 7.92. The third kappa shape index (κ3) is 5.49. The van der Waals surface area contributed by atoms with Crippen LogP contribution in [0.15, 0.2) is 72.8 Å². The number of rotatable bonds is 7. The topological polar surface area (TPSA) is 61.9 Å². The molecule has 0 atom stereocenters. The van der Waals surface area contributed by atoms with Crippen molar-refractivity contribution in [2.75, 3.05) is 30.4 Å². The van der Waals surface area contributed by atoms with Crippen molar-refractivity contribution in [1.82, 2.24) is 4.90 Å². The maximum atomic E-state index is 13.1. The molecule has 1 aliphatic rings. The highest BCUT2D eigenvalue weighted by molar-refractivity contribution is 5.94. The molecule has 3 aromatic rings. The first-order valence-electron chi connectivity index (χ1n) is 10.9. The molecule has 7 heteroatoms. The van der Waals surface area contributed by atoms with E-state index in [1.807, 2.05) is 41.3 Å². The summed E-state index contributed by atoms with van der Waals surface area (Å²) < 4.78 is 18.4. The van der Waals surface area contributed by atoms with Crippen LogP contribution in [0, 0.1) is 5.82 Å². The van der Waals surface area contributed by atoms with E-state index < -0.39 is 0 Å². The lowest BCUT2D eigenvalue weighted by molar-refractivity contribution is -0.115. The predicted molar refractivity (Wildman–Crippen MR) is 126 cm³/mol. The highest BCUT2D eigenvalue weighted by atomic mass is 19.1. The van der Waals surface area contributed by atoms with Gasteiger partial charge in [0.05, 0.1) is 20.1 Å². The molecule has 0 aliphatic carbocycles. The largest absolute Gasteiger partial charge is 0.496 e. The summed E-state index contributed by atoms with van der Waals surface area (Å²) in [5.41, 5.74) is 3.12. The molecule has 3 aromatic carbocycles. The zero-order valence-corrected chi connectivity index (χ0v) is 18.5. The number of ether oxygens (including phenoxy) is 1. The summed E-state index contributed by atoms with van der Waals surface area (Å²) in [6, 6.07) is 20.7. The van der Waals surface area contributed by atoms with Gasteiger partial charge in [-0.1, -0.05) is 30.3 Å². The summed E-state index contributed by atoms with van der Waals surface area (Å²) in [5.74, 6) is 0.248. The second kappa shape index (κ2) is 10.2. The normalized spacial score (nSPS) is 13.7. The van der Waals surface area contributed by atoms with Gasteiger partial charge in [-0.15, -0.1) is 0 Å². The molecule has 6 nitrogen and oxygen atoms in total. The summed E-state index contributed by atoms with van der Waals surface area (Å²) >= 11 is 0. The van der Waals surface area contributed by atoms with Crippen molar-refractivity contribution in [2.45, 2.75) is 19.4 Å². The van der Waals surface area contributed by atoms with E-state index in [1.54, 1.807) is 36.3 Å². The number of hydrogen-bond acceptors (Lipinski definition) is 3. The van der Waals surface area contributed by atoms with Crippen LogP contribution in [0.25, 0.3) is 0 Å². The van der Waals surface area contributed by atoms with Crippen LogP contribution in [0.4, 0.5) is 20.6 Å². The molecule has 1 N–H and O–H groups in total. The smallest absolute Gasteiger partial charge is 0.324 e. The molecule has 0 aromatic heterocycles. The number of carbonyl (C=O) groups excluding carboxylic acids is 2. The Balaban J connectivity index is 1.38. The van der Waals surface area contributed by atoms with Crippen molar-refractivity contribution >= 4 is 23.3 Å². The highest BCUT2D eigenvalue weighted by Gasteiger charge is 2.27. The van der Waals surface area contributed by atoms with Gasteiger partial charge in [-0.2, -0.15) is 0 Å². The molecule has 1 heterocycles. The summed E-state index contributed by atoms with van der Waals surface area (Å²) in [7, 11) is 1.63. The van der Waals surface area contributed by atoms with Gasteiger partial charge in [0.1, 0.15) is 11.6 Å². The van der Waals surface area contributed by atoms with E-state index in [1.165, 1.54) is 12.1 Å². The van der Waals surface area contributed by atoms with E-state index in [-0.39, 0.29) is 24.2 Å². The van der Waals surface area contributed by atoms with Crippen LogP contribution in [0.1, 0.15) is 17.5 Å². The minimum Gasteiger partial charge on any atom is -0.496 e. The fourth-order valence-corrected chi connectivity index (χ4v) is 3.92. The fraction of sp³-hybridized carbons (Fsp3) is 0.231. The van der Waals surface area contributed by atoms with Gasteiger partial charge < -0.3 is 15.0 Å². The Labute approximate surface area is 192 Å². The maximum Gasteiger partial charge on any atom is 0.324 e. The van der Waals surface area contributed by atoms with E-state index in [0.29, 0.717) is 25.3 Å². The lowest BCUT2D eigenvalue weighted by atomic mass is 10.1. The summed E-state index contributed by atoms with van der Waals surface area (Å²) in [5, 5.41) is 2.84. The third-order valence-corrected chi connectivity index (χ3v) is 5.61. The van der Waals surface area contributed by atoms with Gasteiger partial charge >= 0.3 is 6.03 Å². The van der Waals surface area contributed by atoms with Crippen LogP contribution in [-0.2, 0) is 17.8 Å². The molecule has 4 rings (SSSR count). The van der Waals surface area contributed by atoms with E-state index in [9.17, 15) is 14.0 Å². The Morgan fingerprint density at radius 1 is 1.00 bits per heavy atom. The average Bonchev–Trinajstić information content (AvgIpc) is 2.83. The SMILES string of the molecule is COc1ccccc1CN1CCCN(c2ccc(NC(=O)Cc3ccc(F)cc3)cc2)C1=O. The molecule has 33 heavy (non-hydrogen) atoms. The molecule has 1 fully saturated rings. The molecule has 170 valence electrons. The van der Waals surface area contributed by atoms with Gasteiger partial charge in [-0.05, 0) is 54.4 Å². The molecule has 0 spiro atoms. The van der Waals surface area contributed by atoms with Gasteiger partial charge in [0, 0.05) is 30.0 Å². The first-order chi connectivity index (χ1) is 16.0. The Bertz CT molecular complexity index is 1120. The number of methoxy groups -OCH3 is 1. The lowest BCUT2D eigenvalue weighted by Gasteiger charge is -2.36. The molecule has 0 radical (unpaired) electrons. The number of hydrogen-bond donors (Lipinski definition) is 1. The van der Waals surface area contributed by atoms with Crippen LogP contribution in [-0.4, -0.2) is 37.0 Å². The number of nitrogens with one attached hydrogen (secondary N) is 1. The zero-order valence-electron chi connectivity index (χ0n) is 18.5. The van der Waals surface area contributed by atoms with Gasteiger partial charge in [0.2, 0.25) is 5.91 Å². The predicted octanol–water partition coefficient (Wildman–Crippen LogP) is 4.85. The molecular weight excluding hydrogens is 421 g/mol. The van der Waals surface area contributed by atoms with Crippen molar-refractivity contribution < 1.29 is 18.7 Å². The average molecular weight is 448 g/mol. The minimum absolute atomic E-state index is 0.0553. The lowest BCUT2D eigenvalue weighted by Crippen LogP contribution is -2.49. The molecule has 0 unspecified atom stereocenters. The molecular formula is C26H26FN3O3. The van der Waals surface area contributed by atoms with Crippen molar-refractivity contribution in [3.8, 4) is 5.75 Å². The number of benzene rings is 3. The minimum atomic E-state index is -0.330. The maximum absolute atomic E-state index is 13.1. The Morgan fingerprint density at radius 3 is 2.45 bits per heavy atom. The van der Waals surface area contributed by atoms with Crippen LogP contribution in [0.2, 0.25) is 0 Å². The number of nitrogens with zero attached hydrogens (tertiary/aromatic N) is 2. The van der Waals surface area contributed by atoms with Crippen LogP contribution in [0.5, 0.6) is 5.75 Å². The number of amides is 3. The standard InChI is InChI=1S/C26H26FN3O3/c1-33-24-6-3-2-5-20(24)18-29-15-4-16-30(26(29)32)23-13-11-22(12-14-23)28-25(31)17-19-7-9-21(27)10-8-19/h2-3,5-14H,4,15-18H2,1H3,(H,28,31). The van der Waals surface area contributed by atoms with Gasteiger partial charge in [0.25, 0.3) is 0 Å². The van der Waals surface area contributed by atoms with E-state index in [4.69, 9.17) is 4.74 Å². The fourth-order valence-electron chi connectivity index (χ4n) is 3.92. The van der Waals surface area contributed by atoms with E-state index in [0.717, 1.165) is 29.0 Å². The van der Waals surface area contributed by atoms with Gasteiger partial charge in [-0.3, -0.25) is 9.69 Å².